The van der Waals surface area contributed by atoms with Crippen LogP contribution in [0.3, 0.4) is 0 Å². The largest absolute Gasteiger partial charge is 0.435 e. The summed E-state index contributed by atoms with van der Waals surface area (Å²) in [5.74, 6) is -1.46. The zero-order chi connectivity index (χ0) is 29.9. The van der Waals surface area contributed by atoms with Crippen molar-refractivity contribution in [3.63, 3.8) is 0 Å². The van der Waals surface area contributed by atoms with Crippen molar-refractivity contribution in [2.45, 2.75) is 24.8 Å². The molecule has 0 spiro atoms. The van der Waals surface area contributed by atoms with Gasteiger partial charge in [0.25, 0.3) is 11.5 Å². The molecule has 0 saturated carbocycles. The van der Waals surface area contributed by atoms with Gasteiger partial charge in [-0.25, -0.2) is 4.39 Å². The summed E-state index contributed by atoms with van der Waals surface area (Å²) in [6.45, 7) is 0.364. The molecule has 42 heavy (non-hydrogen) atoms. The van der Waals surface area contributed by atoms with Crippen LogP contribution in [-0.4, -0.2) is 30.6 Å². The summed E-state index contributed by atoms with van der Waals surface area (Å²) >= 11 is 11.6. The second-order valence-electron chi connectivity index (χ2n) is 9.35. The molecular weight excluding hydrogens is 597 g/mol. The van der Waals surface area contributed by atoms with E-state index in [0.29, 0.717) is 21.9 Å². The van der Waals surface area contributed by atoms with E-state index in [1.807, 2.05) is 30.3 Å². The zero-order valence-corrected chi connectivity index (χ0v) is 23.1. The summed E-state index contributed by atoms with van der Waals surface area (Å²) in [7, 11) is 0. The van der Waals surface area contributed by atoms with E-state index in [-0.39, 0.29) is 18.9 Å². The summed E-state index contributed by atoms with van der Waals surface area (Å²) in [5, 5.41) is 10.2. The molecule has 0 radical (unpaired) electrons. The van der Waals surface area contributed by atoms with Crippen molar-refractivity contribution < 1.29 is 32.0 Å². The molecule has 0 aromatic heterocycles. The fraction of sp³-hybridized carbons (Fsp3) is 0.167. The van der Waals surface area contributed by atoms with Gasteiger partial charge in [0.2, 0.25) is 0 Å². The number of rotatable bonds is 8. The van der Waals surface area contributed by atoms with Crippen molar-refractivity contribution in [1.82, 2.24) is 5.32 Å². The van der Waals surface area contributed by atoms with Crippen molar-refractivity contribution in [2.75, 3.05) is 6.54 Å². The molecule has 216 valence electrons. The molecular formula is C30H21Cl2F4N3O3. The number of alkyl halides is 3. The number of amides is 1. The van der Waals surface area contributed by atoms with E-state index >= 15 is 0 Å². The molecule has 6 nitrogen and oxygen atoms in total. The van der Waals surface area contributed by atoms with Crippen LogP contribution in [0.15, 0.2) is 89.2 Å². The van der Waals surface area contributed by atoms with E-state index in [9.17, 15) is 22.4 Å². The van der Waals surface area contributed by atoms with Gasteiger partial charge in [-0.2, -0.15) is 13.2 Å². The van der Waals surface area contributed by atoms with Gasteiger partial charge < -0.3 is 15.0 Å². The maximum absolute atomic E-state index is 14.5. The fourth-order valence-electron chi connectivity index (χ4n) is 4.60. The smallest absolute Gasteiger partial charge is 0.391 e. The first-order valence-electron chi connectivity index (χ1n) is 12.6. The number of nitrogens with zero attached hydrogens (tertiary/aromatic N) is 2. The van der Waals surface area contributed by atoms with Gasteiger partial charge in [-0.15, -0.1) is 0 Å². The molecule has 0 fully saturated rings. The van der Waals surface area contributed by atoms with Crippen molar-refractivity contribution in [1.29, 1.82) is 0 Å². The fourth-order valence-corrected chi connectivity index (χ4v) is 5.08. The number of halogens is 6. The standard InChI is InChI=1S/C30H21Cl2F4N3O3/c31-24-14-19(15-25(32)27(24)33)29(30(34,35)36)16-26(39-42-29)22-10-11-23(21-9-5-4-8-20(21)22)28(40)37-12-13-38-41-17-18-6-2-1-3-7-18/h1-11,13-15H,12,16-17H2,(H,37,40). The lowest BCUT2D eigenvalue weighted by atomic mass is 9.85. The number of oxime groups is 2. The Morgan fingerprint density at radius 2 is 1.69 bits per heavy atom. The summed E-state index contributed by atoms with van der Waals surface area (Å²) < 4.78 is 57.4. The predicted octanol–water partition coefficient (Wildman–Crippen LogP) is 7.80. The molecule has 1 aliphatic heterocycles. The summed E-state index contributed by atoms with van der Waals surface area (Å²) in [6, 6.07) is 20.9. The third kappa shape index (κ3) is 5.77. The highest BCUT2D eigenvalue weighted by molar-refractivity contribution is 6.35. The Balaban J connectivity index is 1.35. The quantitative estimate of drug-likeness (QED) is 0.0949. The monoisotopic (exact) mass is 617 g/mol. The number of hydrogen-bond donors (Lipinski definition) is 1. The first kappa shape index (κ1) is 29.3. The first-order chi connectivity index (χ1) is 20.1. The molecule has 1 atom stereocenters. The summed E-state index contributed by atoms with van der Waals surface area (Å²) in [6.07, 6.45) is -4.28. The molecule has 1 aliphatic rings. The average Bonchev–Trinajstić information content (AvgIpc) is 3.44. The Morgan fingerprint density at radius 1 is 1.02 bits per heavy atom. The number of carbonyl (C=O) groups excluding carboxylic acids is 1. The van der Waals surface area contributed by atoms with Gasteiger partial charge in [-0.05, 0) is 34.5 Å². The van der Waals surface area contributed by atoms with Gasteiger partial charge in [0.05, 0.1) is 28.5 Å². The highest BCUT2D eigenvalue weighted by Crippen LogP contribution is 2.50. The molecule has 12 heteroatoms. The second-order valence-corrected chi connectivity index (χ2v) is 10.2. The molecule has 1 heterocycles. The number of carbonyl (C=O) groups is 1. The van der Waals surface area contributed by atoms with E-state index in [2.05, 4.69) is 15.6 Å². The summed E-state index contributed by atoms with van der Waals surface area (Å²) in [5.41, 5.74) is -1.87. The average molecular weight is 618 g/mol. The van der Waals surface area contributed by atoms with Crippen LogP contribution in [0.2, 0.25) is 10.0 Å². The third-order valence-electron chi connectivity index (χ3n) is 6.69. The van der Waals surface area contributed by atoms with Crippen LogP contribution in [0.4, 0.5) is 17.6 Å². The van der Waals surface area contributed by atoms with Crippen LogP contribution in [0.25, 0.3) is 10.8 Å². The van der Waals surface area contributed by atoms with Gasteiger partial charge in [-0.3, -0.25) is 4.79 Å². The van der Waals surface area contributed by atoms with E-state index in [0.717, 1.165) is 17.7 Å². The Morgan fingerprint density at radius 3 is 2.38 bits per heavy atom. The van der Waals surface area contributed by atoms with Gasteiger partial charge in [0, 0.05) is 23.1 Å². The number of fused-ring (bicyclic) bond motifs is 1. The normalized spacial score (nSPS) is 16.9. The molecule has 0 bridgehead atoms. The minimum Gasteiger partial charge on any atom is -0.391 e. The van der Waals surface area contributed by atoms with Gasteiger partial charge in [0.15, 0.2) is 5.82 Å². The van der Waals surface area contributed by atoms with Crippen LogP contribution < -0.4 is 5.32 Å². The second kappa shape index (κ2) is 12.0. The molecule has 1 amide bonds. The maximum atomic E-state index is 14.5. The Kier molecular flexibility index (Phi) is 8.38. The summed E-state index contributed by atoms with van der Waals surface area (Å²) in [4.78, 5) is 23.3. The number of hydrogen-bond acceptors (Lipinski definition) is 5. The number of nitrogens with one attached hydrogen (secondary N) is 1. The minimum absolute atomic E-state index is 0.0187. The molecule has 1 N–H and O–H groups in total. The lowest BCUT2D eigenvalue weighted by Crippen LogP contribution is -2.42. The maximum Gasteiger partial charge on any atom is 0.435 e. The first-order valence-corrected chi connectivity index (χ1v) is 13.3. The van der Waals surface area contributed by atoms with Crippen LogP contribution in [0.5, 0.6) is 0 Å². The van der Waals surface area contributed by atoms with E-state index in [1.54, 1.807) is 24.3 Å². The van der Waals surface area contributed by atoms with Crippen molar-refractivity contribution in [3.8, 4) is 0 Å². The van der Waals surface area contributed by atoms with E-state index in [4.69, 9.17) is 32.9 Å². The van der Waals surface area contributed by atoms with Crippen molar-refractivity contribution in [2.24, 2.45) is 10.3 Å². The topological polar surface area (TPSA) is 72.3 Å². The van der Waals surface area contributed by atoms with Gasteiger partial charge in [-0.1, -0.05) is 94.2 Å². The van der Waals surface area contributed by atoms with Gasteiger partial charge in [0.1, 0.15) is 6.61 Å². The molecule has 0 saturated heterocycles. The third-order valence-corrected chi connectivity index (χ3v) is 7.24. The molecule has 0 aliphatic carbocycles. The Labute approximate surface area is 247 Å². The Hall–Kier alpha value is -4.15. The van der Waals surface area contributed by atoms with Crippen molar-refractivity contribution >= 4 is 51.8 Å². The lowest BCUT2D eigenvalue weighted by Gasteiger charge is -2.29. The molecule has 4 aromatic carbocycles. The van der Waals surface area contributed by atoms with Crippen LogP contribution in [0, 0.1) is 5.82 Å². The van der Waals surface area contributed by atoms with Crippen LogP contribution in [-0.2, 0) is 21.9 Å². The zero-order valence-electron chi connectivity index (χ0n) is 21.6. The van der Waals surface area contributed by atoms with Crippen LogP contribution >= 0.6 is 23.2 Å². The van der Waals surface area contributed by atoms with E-state index in [1.165, 1.54) is 18.3 Å². The molecule has 1 unspecified atom stereocenters. The lowest BCUT2D eigenvalue weighted by molar-refractivity contribution is -0.275. The number of benzene rings is 4. The highest BCUT2D eigenvalue weighted by atomic mass is 35.5. The molecule has 5 rings (SSSR count). The van der Waals surface area contributed by atoms with Crippen molar-refractivity contribution in [3.05, 3.63) is 117 Å². The van der Waals surface area contributed by atoms with Gasteiger partial charge >= 0.3 is 6.18 Å². The predicted molar refractivity (Wildman–Crippen MR) is 152 cm³/mol. The SMILES string of the molecule is O=C(NCC=NOCc1ccccc1)c1ccc(C2=NOC(c3cc(Cl)c(F)c(Cl)c3)(C(F)(F)F)C2)c2ccccc12. The molecule has 4 aromatic rings. The highest BCUT2D eigenvalue weighted by Gasteiger charge is 2.62. The van der Waals surface area contributed by atoms with E-state index < -0.39 is 45.5 Å². The minimum atomic E-state index is -4.95. The Bertz CT molecular complexity index is 1670. The van der Waals surface area contributed by atoms with Crippen LogP contribution in [0.1, 0.15) is 33.5 Å².